The molecule has 19 heavy (non-hydrogen) atoms. The molecule has 0 radical (unpaired) electrons. The van der Waals surface area contributed by atoms with E-state index in [1.807, 2.05) is 6.07 Å². The maximum Gasteiger partial charge on any atom is 0.175 e. The van der Waals surface area contributed by atoms with Crippen LogP contribution < -0.4 is 5.73 Å². The number of benzene rings is 1. The quantitative estimate of drug-likeness (QED) is 0.870. The molecule has 2 N–H and O–H groups in total. The molecule has 0 aliphatic heterocycles. The summed E-state index contributed by atoms with van der Waals surface area (Å²) in [6, 6.07) is 5.34. The van der Waals surface area contributed by atoms with Crippen LogP contribution in [0.15, 0.2) is 22.7 Å². The zero-order valence-corrected chi connectivity index (χ0v) is 12.2. The first-order valence-corrected chi connectivity index (χ1v) is 6.86. The Bertz CT molecular complexity index is 649. The van der Waals surface area contributed by atoms with Gasteiger partial charge >= 0.3 is 0 Å². The smallest absolute Gasteiger partial charge is 0.175 e. The number of anilines is 1. The average molecular weight is 297 g/mol. The molecule has 1 aromatic carbocycles. The van der Waals surface area contributed by atoms with Crippen molar-refractivity contribution in [2.45, 2.75) is 26.2 Å². The lowest BCUT2D eigenvalue weighted by atomic mass is 10.0. The molecule has 0 bridgehead atoms. The zero-order chi connectivity index (χ0) is 13.8. The first-order valence-electron chi connectivity index (χ1n) is 6.10. The van der Waals surface area contributed by atoms with Gasteiger partial charge in [-0.25, -0.2) is 0 Å². The van der Waals surface area contributed by atoms with Gasteiger partial charge in [-0.15, -0.1) is 0 Å². The van der Waals surface area contributed by atoms with Gasteiger partial charge in [-0.05, 0) is 24.0 Å². The third kappa shape index (κ3) is 2.11. The highest BCUT2D eigenvalue weighted by Crippen LogP contribution is 2.61. The Morgan fingerprint density at radius 3 is 2.63 bits per heavy atom. The lowest BCUT2D eigenvalue weighted by Crippen LogP contribution is -1.93. The van der Waals surface area contributed by atoms with E-state index in [1.54, 1.807) is 12.1 Å². The summed E-state index contributed by atoms with van der Waals surface area (Å²) in [7, 11) is 0. The third-order valence-corrected chi connectivity index (χ3v) is 4.32. The molecule has 5 heteroatoms. The lowest BCUT2D eigenvalue weighted by Gasteiger charge is -2.06. The van der Waals surface area contributed by atoms with E-state index in [-0.39, 0.29) is 5.41 Å². The molecule has 1 atom stereocenters. The van der Waals surface area contributed by atoms with Gasteiger partial charge in [0.1, 0.15) is 5.76 Å². The second kappa shape index (κ2) is 4.15. The standard InChI is InChI=1S/C14H14Cl2N2O/c1-14(2)6-9(14)12-11(13(17)18-19-12)8-4-3-7(15)5-10(8)16/h3-5,9H,6H2,1-2H3,(H2,17,18). The van der Waals surface area contributed by atoms with Gasteiger partial charge in [0.05, 0.1) is 10.6 Å². The molecule has 3 nitrogen and oxygen atoms in total. The van der Waals surface area contributed by atoms with Gasteiger partial charge in [0.2, 0.25) is 0 Å². The fourth-order valence-electron chi connectivity index (χ4n) is 2.43. The Balaban J connectivity index is 2.12. The summed E-state index contributed by atoms with van der Waals surface area (Å²) in [6.07, 6.45) is 1.07. The van der Waals surface area contributed by atoms with Gasteiger partial charge in [-0.2, -0.15) is 0 Å². The van der Waals surface area contributed by atoms with Crippen molar-refractivity contribution in [1.29, 1.82) is 0 Å². The summed E-state index contributed by atoms with van der Waals surface area (Å²) in [5.74, 6) is 1.55. The van der Waals surface area contributed by atoms with E-state index in [4.69, 9.17) is 33.5 Å². The molecule has 0 spiro atoms. The predicted molar refractivity (Wildman–Crippen MR) is 77.5 cm³/mol. The van der Waals surface area contributed by atoms with Gasteiger partial charge in [0.25, 0.3) is 0 Å². The van der Waals surface area contributed by atoms with Crippen molar-refractivity contribution in [2.24, 2.45) is 5.41 Å². The Kier molecular flexibility index (Phi) is 2.80. The van der Waals surface area contributed by atoms with Gasteiger partial charge in [0.15, 0.2) is 5.82 Å². The molecule has 1 heterocycles. The SMILES string of the molecule is CC1(C)CC1c1onc(N)c1-c1ccc(Cl)cc1Cl. The number of halogens is 2. The van der Waals surface area contributed by atoms with Gasteiger partial charge in [0, 0.05) is 16.5 Å². The van der Waals surface area contributed by atoms with E-state index in [2.05, 4.69) is 19.0 Å². The molecule has 0 saturated heterocycles. The second-order valence-electron chi connectivity index (χ2n) is 5.68. The van der Waals surface area contributed by atoms with Crippen molar-refractivity contribution in [3.8, 4) is 11.1 Å². The Labute approximate surface area is 121 Å². The molecular weight excluding hydrogens is 283 g/mol. The minimum absolute atomic E-state index is 0.236. The largest absolute Gasteiger partial charge is 0.380 e. The average Bonchev–Trinajstić information content (AvgIpc) is 2.78. The monoisotopic (exact) mass is 296 g/mol. The summed E-state index contributed by atoms with van der Waals surface area (Å²) < 4.78 is 5.43. The number of nitrogens with zero attached hydrogens (tertiary/aromatic N) is 1. The van der Waals surface area contributed by atoms with Gasteiger partial charge < -0.3 is 10.3 Å². The highest BCUT2D eigenvalue weighted by atomic mass is 35.5. The summed E-state index contributed by atoms with van der Waals surface area (Å²) in [5, 5.41) is 5.05. The molecule has 1 fully saturated rings. The number of nitrogen functional groups attached to an aromatic ring is 1. The second-order valence-corrected chi connectivity index (χ2v) is 6.52. The number of nitrogens with two attached hydrogens (primary N) is 1. The number of rotatable bonds is 2. The van der Waals surface area contributed by atoms with Crippen LogP contribution in [-0.2, 0) is 0 Å². The highest BCUT2D eigenvalue weighted by molar-refractivity contribution is 6.36. The van der Waals surface area contributed by atoms with Crippen LogP contribution >= 0.6 is 23.2 Å². The van der Waals surface area contributed by atoms with Crippen LogP contribution in [0.25, 0.3) is 11.1 Å². The van der Waals surface area contributed by atoms with Crippen LogP contribution in [0, 0.1) is 5.41 Å². The van der Waals surface area contributed by atoms with Crippen LogP contribution in [0.4, 0.5) is 5.82 Å². The normalized spacial score (nSPS) is 20.5. The first-order chi connectivity index (χ1) is 8.90. The van der Waals surface area contributed by atoms with Gasteiger partial charge in [-0.1, -0.05) is 48.3 Å². The Hall–Kier alpha value is -1.19. The van der Waals surface area contributed by atoms with E-state index in [9.17, 15) is 0 Å². The van der Waals surface area contributed by atoms with Crippen molar-refractivity contribution in [2.75, 3.05) is 5.73 Å². The van der Waals surface area contributed by atoms with Crippen LogP contribution in [0.3, 0.4) is 0 Å². The van der Waals surface area contributed by atoms with Crippen LogP contribution in [0.1, 0.15) is 31.9 Å². The lowest BCUT2D eigenvalue weighted by molar-refractivity contribution is 0.376. The predicted octanol–water partition coefficient (Wildman–Crippen LogP) is 4.74. The van der Waals surface area contributed by atoms with Crippen LogP contribution in [-0.4, -0.2) is 5.16 Å². The van der Waals surface area contributed by atoms with Crippen LogP contribution in [0.5, 0.6) is 0 Å². The fraction of sp³-hybridized carbons (Fsp3) is 0.357. The van der Waals surface area contributed by atoms with E-state index in [0.29, 0.717) is 21.8 Å². The minimum atomic E-state index is 0.236. The molecule has 1 aliphatic carbocycles. The van der Waals surface area contributed by atoms with E-state index in [0.717, 1.165) is 23.3 Å². The molecule has 100 valence electrons. The van der Waals surface area contributed by atoms with E-state index >= 15 is 0 Å². The zero-order valence-electron chi connectivity index (χ0n) is 10.7. The number of aromatic nitrogens is 1. The molecule has 1 unspecified atom stereocenters. The topological polar surface area (TPSA) is 52.0 Å². The maximum absolute atomic E-state index is 6.25. The first kappa shape index (κ1) is 12.8. The summed E-state index contributed by atoms with van der Waals surface area (Å²) in [6.45, 7) is 4.40. The summed E-state index contributed by atoms with van der Waals surface area (Å²) >= 11 is 12.2. The van der Waals surface area contributed by atoms with E-state index < -0.39 is 0 Å². The van der Waals surface area contributed by atoms with E-state index in [1.165, 1.54) is 0 Å². The molecule has 1 aromatic heterocycles. The molecular formula is C14H14Cl2N2O. The third-order valence-electron chi connectivity index (χ3n) is 3.78. The Morgan fingerprint density at radius 2 is 2.05 bits per heavy atom. The fourth-order valence-corrected chi connectivity index (χ4v) is 2.93. The molecule has 0 amide bonds. The van der Waals surface area contributed by atoms with Crippen molar-refractivity contribution in [1.82, 2.24) is 5.16 Å². The van der Waals surface area contributed by atoms with Crippen molar-refractivity contribution < 1.29 is 4.52 Å². The van der Waals surface area contributed by atoms with Crippen molar-refractivity contribution in [3.05, 3.63) is 34.0 Å². The van der Waals surface area contributed by atoms with Crippen molar-refractivity contribution >= 4 is 29.0 Å². The van der Waals surface area contributed by atoms with Crippen LogP contribution in [0.2, 0.25) is 10.0 Å². The Morgan fingerprint density at radius 1 is 1.37 bits per heavy atom. The number of hydrogen-bond donors (Lipinski definition) is 1. The number of hydrogen-bond acceptors (Lipinski definition) is 3. The van der Waals surface area contributed by atoms with Gasteiger partial charge in [-0.3, -0.25) is 0 Å². The highest BCUT2D eigenvalue weighted by Gasteiger charge is 2.50. The summed E-state index contributed by atoms with van der Waals surface area (Å²) in [5.41, 5.74) is 7.80. The molecule has 1 saturated carbocycles. The maximum atomic E-state index is 6.25. The molecule has 3 rings (SSSR count). The summed E-state index contributed by atoms with van der Waals surface area (Å²) in [4.78, 5) is 0. The molecule has 1 aliphatic rings. The van der Waals surface area contributed by atoms with Crippen molar-refractivity contribution in [3.63, 3.8) is 0 Å². The minimum Gasteiger partial charge on any atom is -0.380 e. The molecule has 2 aromatic rings.